The first kappa shape index (κ1) is 19.0. The van der Waals surface area contributed by atoms with E-state index in [2.05, 4.69) is 6.92 Å². The van der Waals surface area contributed by atoms with Gasteiger partial charge in [0.25, 0.3) is 0 Å². The molecule has 0 saturated carbocycles. The Morgan fingerprint density at radius 3 is 2.32 bits per heavy atom. The number of esters is 1. The van der Waals surface area contributed by atoms with Crippen LogP contribution in [-0.4, -0.2) is 26.0 Å². The minimum absolute atomic E-state index is 0.000285. The molecule has 0 aromatic heterocycles. The number of methoxy groups -OCH3 is 1. The SMILES string of the molecule is CCCCCCCCCC1C(C(=O)OCC)=C(C)OC1OC. The molecule has 1 heterocycles. The van der Waals surface area contributed by atoms with Crippen molar-refractivity contribution >= 4 is 5.97 Å². The third-order valence-corrected chi connectivity index (χ3v) is 4.22. The van der Waals surface area contributed by atoms with Gasteiger partial charge in [-0.2, -0.15) is 0 Å². The number of hydrogen-bond acceptors (Lipinski definition) is 4. The van der Waals surface area contributed by atoms with Crippen molar-refractivity contribution < 1.29 is 19.0 Å². The lowest BCUT2D eigenvalue weighted by molar-refractivity contribution is -0.140. The third kappa shape index (κ3) is 5.64. The smallest absolute Gasteiger partial charge is 0.337 e. The van der Waals surface area contributed by atoms with E-state index in [1.165, 1.54) is 38.5 Å². The van der Waals surface area contributed by atoms with Crippen molar-refractivity contribution in [3.63, 3.8) is 0 Å². The molecule has 0 radical (unpaired) electrons. The van der Waals surface area contributed by atoms with Crippen molar-refractivity contribution in [2.24, 2.45) is 5.92 Å². The number of ether oxygens (including phenoxy) is 3. The average Bonchev–Trinajstić information content (AvgIpc) is 2.82. The van der Waals surface area contributed by atoms with Gasteiger partial charge in [-0.15, -0.1) is 0 Å². The van der Waals surface area contributed by atoms with E-state index in [1.54, 1.807) is 7.11 Å². The molecule has 0 aromatic rings. The van der Waals surface area contributed by atoms with Crippen molar-refractivity contribution in [2.45, 2.75) is 78.4 Å². The summed E-state index contributed by atoms with van der Waals surface area (Å²) in [6, 6.07) is 0. The van der Waals surface area contributed by atoms with Crippen LogP contribution in [0.15, 0.2) is 11.3 Å². The zero-order chi connectivity index (χ0) is 16.4. The van der Waals surface area contributed by atoms with Gasteiger partial charge in [0.15, 0.2) is 0 Å². The first-order chi connectivity index (χ1) is 10.7. The highest BCUT2D eigenvalue weighted by Gasteiger charge is 2.39. The molecule has 1 aliphatic rings. The van der Waals surface area contributed by atoms with Crippen LogP contribution in [-0.2, 0) is 19.0 Å². The fourth-order valence-electron chi connectivity index (χ4n) is 3.04. The Hall–Kier alpha value is -1.03. The predicted molar refractivity (Wildman–Crippen MR) is 87.3 cm³/mol. The summed E-state index contributed by atoms with van der Waals surface area (Å²) in [5.41, 5.74) is 0.666. The molecule has 0 saturated heterocycles. The fraction of sp³-hybridized carbons (Fsp3) is 0.833. The molecule has 4 heteroatoms. The second-order valence-corrected chi connectivity index (χ2v) is 5.93. The number of unbranched alkanes of at least 4 members (excludes halogenated alkanes) is 6. The monoisotopic (exact) mass is 312 g/mol. The van der Waals surface area contributed by atoms with Gasteiger partial charge in [-0.1, -0.05) is 51.9 Å². The van der Waals surface area contributed by atoms with Crippen LogP contribution in [0.5, 0.6) is 0 Å². The molecule has 0 spiro atoms. The quantitative estimate of drug-likeness (QED) is 0.414. The Balaban J connectivity index is 2.44. The summed E-state index contributed by atoms with van der Waals surface area (Å²) in [6.45, 7) is 6.26. The van der Waals surface area contributed by atoms with E-state index < -0.39 is 0 Å². The maximum absolute atomic E-state index is 12.1. The summed E-state index contributed by atoms with van der Waals surface area (Å²) < 4.78 is 16.2. The van der Waals surface area contributed by atoms with Crippen LogP contribution < -0.4 is 0 Å². The molecule has 1 rings (SSSR count). The molecule has 0 N–H and O–H groups in total. The zero-order valence-electron chi connectivity index (χ0n) is 14.7. The topological polar surface area (TPSA) is 44.8 Å². The minimum atomic E-state index is -0.348. The molecule has 0 bridgehead atoms. The Labute approximate surface area is 135 Å². The van der Waals surface area contributed by atoms with Crippen LogP contribution in [0, 0.1) is 5.92 Å². The standard InChI is InChI=1S/C18H32O4/c1-5-7-8-9-10-11-12-13-15-16(17(19)21-6-2)14(3)22-18(15)20-4/h15,18H,5-13H2,1-4H3. The van der Waals surface area contributed by atoms with E-state index >= 15 is 0 Å². The normalized spacial score (nSPS) is 21.1. The van der Waals surface area contributed by atoms with Crippen LogP contribution in [0.1, 0.15) is 72.1 Å². The predicted octanol–water partition coefficient (Wildman–Crippen LogP) is 4.58. The first-order valence-corrected chi connectivity index (χ1v) is 8.73. The second-order valence-electron chi connectivity index (χ2n) is 5.93. The molecule has 0 aliphatic carbocycles. The van der Waals surface area contributed by atoms with Crippen LogP contribution in [0.4, 0.5) is 0 Å². The highest BCUT2D eigenvalue weighted by atomic mass is 16.7. The average molecular weight is 312 g/mol. The summed E-state index contributed by atoms with van der Waals surface area (Å²) in [5.74, 6) is 0.394. The Kier molecular flexibility index (Phi) is 9.21. The van der Waals surface area contributed by atoms with E-state index in [0.717, 1.165) is 12.8 Å². The minimum Gasteiger partial charge on any atom is -0.468 e. The van der Waals surface area contributed by atoms with Gasteiger partial charge in [0.2, 0.25) is 6.29 Å². The van der Waals surface area contributed by atoms with E-state index in [4.69, 9.17) is 14.2 Å². The maximum atomic E-state index is 12.1. The molecule has 0 amide bonds. The molecular formula is C18H32O4. The van der Waals surface area contributed by atoms with Gasteiger partial charge in [-0.05, 0) is 20.3 Å². The van der Waals surface area contributed by atoms with Crippen molar-refractivity contribution in [3.05, 3.63) is 11.3 Å². The van der Waals surface area contributed by atoms with Gasteiger partial charge >= 0.3 is 5.97 Å². The van der Waals surface area contributed by atoms with Crippen molar-refractivity contribution in [2.75, 3.05) is 13.7 Å². The van der Waals surface area contributed by atoms with Crippen LogP contribution in [0.25, 0.3) is 0 Å². The lowest BCUT2D eigenvalue weighted by Gasteiger charge is -2.19. The number of hydrogen-bond donors (Lipinski definition) is 0. The lowest BCUT2D eigenvalue weighted by atomic mass is 9.92. The van der Waals surface area contributed by atoms with Gasteiger partial charge in [0.05, 0.1) is 18.1 Å². The van der Waals surface area contributed by atoms with E-state index in [9.17, 15) is 4.79 Å². The highest BCUT2D eigenvalue weighted by molar-refractivity contribution is 5.90. The Morgan fingerprint density at radius 2 is 1.73 bits per heavy atom. The van der Waals surface area contributed by atoms with Gasteiger partial charge in [0.1, 0.15) is 5.76 Å². The van der Waals surface area contributed by atoms with Crippen molar-refractivity contribution in [1.82, 2.24) is 0 Å². The number of rotatable bonds is 11. The molecule has 2 atom stereocenters. The molecule has 0 aromatic carbocycles. The summed E-state index contributed by atoms with van der Waals surface area (Å²) in [5, 5.41) is 0. The van der Waals surface area contributed by atoms with Crippen LogP contribution in [0.2, 0.25) is 0 Å². The van der Waals surface area contributed by atoms with Crippen molar-refractivity contribution in [3.8, 4) is 0 Å². The Morgan fingerprint density at radius 1 is 1.09 bits per heavy atom. The van der Waals surface area contributed by atoms with Gasteiger partial charge < -0.3 is 14.2 Å². The number of allylic oxidation sites excluding steroid dienone is 1. The fourth-order valence-corrected chi connectivity index (χ4v) is 3.04. The van der Waals surface area contributed by atoms with Gasteiger partial charge in [0, 0.05) is 7.11 Å². The Bertz CT molecular complexity index is 362. The second kappa shape index (κ2) is 10.7. The molecular weight excluding hydrogens is 280 g/mol. The molecule has 0 fully saturated rings. The van der Waals surface area contributed by atoms with Gasteiger partial charge in [-0.3, -0.25) is 0 Å². The largest absolute Gasteiger partial charge is 0.468 e. The molecule has 128 valence electrons. The van der Waals surface area contributed by atoms with Gasteiger partial charge in [-0.25, -0.2) is 4.79 Å². The molecule has 1 aliphatic heterocycles. The summed E-state index contributed by atoms with van der Waals surface area (Å²) in [6.07, 6.45) is 9.38. The summed E-state index contributed by atoms with van der Waals surface area (Å²) >= 11 is 0. The number of carbonyl (C=O) groups excluding carboxylic acids is 1. The van der Waals surface area contributed by atoms with E-state index in [1.807, 2.05) is 13.8 Å². The maximum Gasteiger partial charge on any atom is 0.337 e. The van der Waals surface area contributed by atoms with Crippen molar-refractivity contribution in [1.29, 1.82) is 0 Å². The van der Waals surface area contributed by atoms with Crippen LogP contribution in [0.3, 0.4) is 0 Å². The van der Waals surface area contributed by atoms with E-state index in [0.29, 0.717) is 17.9 Å². The molecule has 22 heavy (non-hydrogen) atoms. The number of carbonyl (C=O) groups is 1. The van der Waals surface area contributed by atoms with E-state index in [-0.39, 0.29) is 18.2 Å². The van der Waals surface area contributed by atoms with Crippen LogP contribution >= 0.6 is 0 Å². The molecule has 2 unspecified atom stereocenters. The zero-order valence-corrected chi connectivity index (χ0v) is 14.7. The highest BCUT2D eigenvalue weighted by Crippen LogP contribution is 2.36. The summed E-state index contributed by atoms with van der Waals surface area (Å²) in [7, 11) is 1.63. The lowest BCUT2D eigenvalue weighted by Crippen LogP contribution is -2.24. The third-order valence-electron chi connectivity index (χ3n) is 4.22. The summed E-state index contributed by atoms with van der Waals surface area (Å²) in [4.78, 5) is 12.1. The first-order valence-electron chi connectivity index (χ1n) is 8.73. The molecule has 4 nitrogen and oxygen atoms in total.